The van der Waals surface area contributed by atoms with Crippen LogP contribution in [0.4, 0.5) is 0 Å². The van der Waals surface area contributed by atoms with Crippen molar-refractivity contribution in [1.82, 2.24) is 4.98 Å². The first-order valence-corrected chi connectivity index (χ1v) is 4.53. The van der Waals surface area contributed by atoms with E-state index < -0.39 is 9.68 Å². The van der Waals surface area contributed by atoms with Crippen LogP contribution in [0.2, 0.25) is 6.04 Å². The molecule has 9 heavy (non-hydrogen) atoms. The first-order valence-electron chi connectivity index (χ1n) is 2.82. The average molecular weight is 141 g/mol. The third kappa shape index (κ3) is 5.03. The molecule has 0 unspecified atom stereocenters. The summed E-state index contributed by atoms with van der Waals surface area (Å²) in [6.07, 6.45) is 3.10. The Hall–Kier alpha value is -0.833. The number of nitrogens with one attached hydrogen (secondary N) is 1. The summed E-state index contributed by atoms with van der Waals surface area (Å²) in [5.74, 6) is -0.0662. The van der Waals surface area contributed by atoms with Crippen LogP contribution in [0.3, 0.4) is 0 Å². The summed E-state index contributed by atoms with van der Waals surface area (Å²) in [5.41, 5.74) is 0. The molecule has 1 N–H and O–H groups in total. The van der Waals surface area contributed by atoms with Crippen molar-refractivity contribution in [2.45, 2.75) is 6.04 Å². The second-order valence-electron chi connectivity index (χ2n) is 1.57. The van der Waals surface area contributed by atoms with E-state index in [0.717, 1.165) is 6.04 Å². The van der Waals surface area contributed by atoms with Gasteiger partial charge in [-0.2, -0.15) is 0 Å². The molecular weight excluding hydrogens is 130 g/mol. The van der Waals surface area contributed by atoms with Crippen LogP contribution in [0.1, 0.15) is 0 Å². The summed E-state index contributed by atoms with van der Waals surface area (Å²) in [6.45, 7) is 6.86. The van der Waals surface area contributed by atoms with E-state index in [9.17, 15) is 4.79 Å². The van der Waals surface area contributed by atoms with E-state index in [2.05, 4.69) is 18.1 Å². The van der Waals surface area contributed by atoms with E-state index in [1.165, 1.54) is 6.08 Å². The van der Waals surface area contributed by atoms with Gasteiger partial charge in [-0.3, -0.25) is 4.79 Å². The molecule has 2 nitrogen and oxygen atoms in total. The fraction of sp³-hybridized carbons (Fsp3) is 0.167. The maximum atomic E-state index is 10.5. The molecule has 0 radical (unpaired) electrons. The van der Waals surface area contributed by atoms with E-state index in [4.69, 9.17) is 0 Å². The molecule has 0 rings (SSSR count). The number of carbonyl (C=O) groups excluding carboxylic acids is 1. The molecule has 0 heterocycles. The number of allylic oxidation sites excluding steroid dienone is 1. The number of carbonyl (C=O) groups is 1. The fourth-order valence-corrected chi connectivity index (χ4v) is 1.11. The van der Waals surface area contributed by atoms with Crippen LogP contribution in [0, 0.1) is 0 Å². The molecule has 0 aliphatic heterocycles. The van der Waals surface area contributed by atoms with Gasteiger partial charge in [0.05, 0.1) is 0 Å². The Morgan fingerprint density at radius 3 is 2.78 bits per heavy atom. The molecule has 50 valence electrons. The fourth-order valence-electron chi connectivity index (χ4n) is 0.370. The van der Waals surface area contributed by atoms with Crippen molar-refractivity contribution in [3.63, 3.8) is 0 Å². The predicted molar refractivity (Wildman–Crippen MR) is 41.9 cm³/mol. The Kier molecular flexibility index (Phi) is 4.82. The van der Waals surface area contributed by atoms with Crippen LogP contribution < -0.4 is 4.98 Å². The lowest BCUT2D eigenvalue weighted by molar-refractivity contribution is -0.114. The highest BCUT2D eigenvalue weighted by Crippen LogP contribution is 1.73. The summed E-state index contributed by atoms with van der Waals surface area (Å²) in [4.78, 5) is 13.2. The predicted octanol–water partition coefficient (Wildman–Crippen LogP) is -0.0233. The summed E-state index contributed by atoms with van der Waals surface area (Å²) in [7, 11) is -0.436. The maximum Gasteiger partial charge on any atom is 0.235 e. The lowest BCUT2D eigenvalue weighted by Gasteiger charge is -1.94. The van der Waals surface area contributed by atoms with Crippen molar-refractivity contribution in [3.05, 3.63) is 25.3 Å². The van der Waals surface area contributed by atoms with Crippen molar-refractivity contribution < 1.29 is 4.79 Å². The first kappa shape index (κ1) is 8.17. The zero-order chi connectivity index (χ0) is 7.11. The molecule has 0 aromatic heterocycles. The largest absolute Gasteiger partial charge is 0.384 e. The van der Waals surface area contributed by atoms with Crippen molar-refractivity contribution in [3.8, 4) is 0 Å². The molecule has 0 aromatic carbocycles. The zero-order valence-electron chi connectivity index (χ0n) is 5.39. The minimum atomic E-state index is -0.436. The lowest BCUT2D eigenvalue weighted by atomic mass is 10.6. The Morgan fingerprint density at radius 1 is 1.67 bits per heavy atom. The van der Waals surface area contributed by atoms with Gasteiger partial charge in [0.15, 0.2) is 0 Å². The number of hydrogen-bond donors (Lipinski definition) is 1. The molecule has 0 spiro atoms. The van der Waals surface area contributed by atoms with Crippen molar-refractivity contribution in [2.75, 3.05) is 0 Å². The van der Waals surface area contributed by atoms with E-state index in [1.807, 2.05) is 6.08 Å². The Labute approximate surface area is 57.6 Å². The van der Waals surface area contributed by atoms with Gasteiger partial charge in [-0.15, -0.1) is 6.58 Å². The van der Waals surface area contributed by atoms with E-state index in [1.54, 1.807) is 0 Å². The molecule has 0 saturated carbocycles. The smallest absolute Gasteiger partial charge is 0.235 e. The highest BCUT2D eigenvalue weighted by Gasteiger charge is 1.88. The number of amides is 1. The minimum absolute atomic E-state index is 0.0662. The van der Waals surface area contributed by atoms with Crippen LogP contribution in [0.5, 0.6) is 0 Å². The van der Waals surface area contributed by atoms with Gasteiger partial charge in [0.2, 0.25) is 5.91 Å². The molecule has 0 aliphatic carbocycles. The van der Waals surface area contributed by atoms with Crippen LogP contribution in [0.15, 0.2) is 25.3 Å². The SMILES string of the molecule is C=CC[SiH2]NC(=O)C=C. The van der Waals surface area contributed by atoms with E-state index >= 15 is 0 Å². The van der Waals surface area contributed by atoms with Gasteiger partial charge in [0.1, 0.15) is 9.68 Å². The molecule has 0 saturated heterocycles. The Bertz CT molecular complexity index is 122. The van der Waals surface area contributed by atoms with Crippen LogP contribution in [0.25, 0.3) is 0 Å². The summed E-state index contributed by atoms with van der Waals surface area (Å²) >= 11 is 0. The molecule has 0 aromatic rings. The highest BCUT2D eigenvalue weighted by molar-refractivity contribution is 6.38. The normalized spacial score (nSPS) is 9.33. The second-order valence-corrected chi connectivity index (χ2v) is 3.00. The van der Waals surface area contributed by atoms with E-state index in [0.29, 0.717) is 0 Å². The summed E-state index contributed by atoms with van der Waals surface area (Å²) < 4.78 is 0. The number of hydrogen-bond acceptors (Lipinski definition) is 1. The minimum Gasteiger partial charge on any atom is -0.384 e. The topological polar surface area (TPSA) is 29.1 Å². The third-order valence-corrected chi connectivity index (χ3v) is 2.13. The quantitative estimate of drug-likeness (QED) is 0.253. The van der Waals surface area contributed by atoms with Crippen molar-refractivity contribution in [1.29, 1.82) is 0 Å². The third-order valence-electron chi connectivity index (χ3n) is 0.833. The molecule has 0 fully saturated rings. The van der Waals surface area contributed by atoms with Gasteiger partial charge in [-0.05, 0) is 12.1 Å². The number of rotatable bonds is 4. The summed E-state index contributed by atoms with van der Waals surface area (Å²) in [6, 6.07) is 0.944. The monoisotopic (exact) mass is 141 g/mol. The van der Waals surface area contributed by atoms with Crippen molar-refractivity contribution >= 4 is 15.6 Å². The Balaban J connectivity index is 3.16. The van der Waals surface area contributed by atoms with Gasteiger partial charge in [0.25, 0.3) is 0 Å². The van der Waals surface area contributed by atoms with Crippen molar-refractivity contribution in [2.24, 2.45) is 0 Å². The average Bonchev–Trinajstić information content (AvgIpc) is 1.89. The van der Waals surface area contributed by atoms with E-state index in [-0.39, 0.29) is 5.91 Å². The molecular formula is C6H11NOSi. The molecule has 0 atom stereocenters. The first-order chi connectivity index (χ1) is 4.31. The highest BCUT2D eigenvalue weighted by atomic mass is 28.2. The van der Waals surface area contributed by atoms with Gasteiger partial charge in [-0.1, -0.05) is 12.7 Å². The van der Waals surface area contributed by atoms with Crippen LogP contribution in [-0.2, 0) is 4.79 Å². The molecule has 0 bridgehead atoms. The molecule has 0 aliphatic rings. The standard InChI is InChI=1S/C6H11NOSi/c1-3-5-9-7-6(8)4-2/h3-4H,1-2,5,9H2,(H,7,8). The maximum absolute atomic E-state index is 10.5. The van der Waals surface area contributed by atoms with Gasteiger partial charge in [0, 0.05) is 0 Å². The lowest BCUT2D eigenvalue weighted by Crippen LogP contribution is -2.24. The van der Waals surface area contributed by atoms with Gasteiger partial charge >= 0.3 is 0 Å². The molecule has 1 amide bonds. The van der Waals surface area contributed by atoms with Gasteiger partial charge < -0.3 is 4.98 Å². The molecule has 3 heteroatoms. The van der Waals surface area contributed by atoms with Crippen LogP contribution >= 0.6 is 0 Å². The van der Waals surface area contributed by atoms with Crippen LogP contribution in [-0.4, -0.2) is 15.6 Å². The Morgan fingerprint density at radius 2 is 2.33 bits per heavy atom. The van der Waals surface area contributed by atoms with Gasteiger partial charge in [-0.25, -0.2) is 0 Å². The second kappa shape index (κ2) is 5.31. The zero-order valence-corrected chi connectivity index (χ0v) is 6.81. The summed E-state index contributed by atoms with van der Waals surface area (Å²) in [5, 5.41) is 0.